The highest BCUT2D eigenvalue weighted by atomic mass is 32.2. The molecular weight excluding hydrogens is 220 g/mol. The Morgan fingerprint density at radius 1 is 1.56 bits per heavy atom. The summed E-state index contributed by atoms with van der Waals surface area (Å²) in [4.78, 5) is 8.40. The first kappa shape index (κ1) is 12.8. The summed E-state index contributed by atoms with van der Waals surface area (Å²) in [6, 6.07) is 4.07. The number of nitrogens with one attached hydrogen (secondary N) is 1. The molecule has 0 aliphatic heterocycles. The Hall–Kier alpha value is -1.28. The van der Waals surface area contributed by atoms with Gasteiger partial charge in [-0.05, 0) is 25.7 Å². The summed E-state index contributed by atoms with van der Waals surface area (Å²) in [7, 11) is 0. The first-order valence-electron chi connectivity index (χ1n) is 5.20. The fourth-order valence-electron chi connectivity index (χ4n) is 1.34. The molecule has 5 heteroatoms. The number of aryl methyl sites for hydroxylation is 1. The second-order valence-electron chi connectivity index (χ2n) is 3.53. The van der Waals surface area contributed by atoms with Crippen molar-refractivity contribution in [1.29, 1.82) is 5.26 Å². The molecule has 16 heavy (non-hydrogen) atoms. The quantitative estimate of drug-likeness (QED) is 0.849. The summed E-state index contributed by atoms with van der Waals surface area (Å²) in [5.74, 6) is 1.56. The lowest BCUT2D eigenvalue weighted by molar-refractivity contribution is 0.761. The second-order valence-corrected chi connectivity index (χ2v) is 4.45. The van der Waals surface area contributed by atoms with Gasteiger partial charge in [-0.3, -0.25) is 0 Å². The predicted octanol–water partition coefficient (Wildman–Crippen LogP) is 2.21. The molecule has 0 aromatic carbocycles. The fraction of sp³-hybridized carbons (Fsp3) is 0.545. The van der Waals surface area contributed by atoms with Gasteiger partial charge in [-0.1, -0.05) is 6.92 Å². The summed E-state index contributed by atoms with van der Waals surface area (Å²) in [6.07, 6.45) is 3.09. The van der Waals surface area contributed by atoms with Gasteiger partial charge in [0.2, 0.25) is 5.95 Å². The monoisotopic (exact) mass is 236 g/mol. The number of hydrogen-bond acceptors (Lipinski definition) is 5. The van der Waals surface area contributed by atoms with Crippen molar-refractivity contribution >= 4 is 17.7 Å². The number of rotatable bonds is 5. The molecule has 4 nitrogen and oxygen atoms in total. The van der Waals surface area contributed by atoms with Gasteiger partial charge in [-0.15, -0.1) is 0 Å². The van der Waals surface area contributed by atoms with Gasteiger partial charge in [0.1, 0.15) is 11.8 Å². The molecule has 0 aliphatic rings. The molecule has 0 saturated carbocycles. The standard InChI is InChI=1S/C11H16N4S/c1-4-9(7-16-3)14-11-13-8(2)5-10(6-12)15-11/h5,9H,4,7H2,1-3H3,(H,13,14,15). The molecule has 0 fully saturated rings. The number of nitrogens with zero attached hydrogens (tertiary/aromatic N) is 3. The normalized spacial score (nSPS) is 11.9. The van der Waals surface area contributed by atoms with Crippen molar-refractivity contribution < 1.29 is 0 Å². The van der Waals surface area contributed by atoms with E-state index in [-0.39, 0.29) is 0 Å². The fourth-order valence-corrected chi connectivity index (χ4v) is 2.06. The Bertz CT molecular complexity index is 386. The minimum atomic E-state index is 0.350. The van der Waals surface area contributed by atoms with Crippen LogP contribution in [0.5, 0.6) is 0 Å². The summed E-state index contributed by atoms with van der Waals surface area (Å²) < 4.78 is 0. The third-order valence-electron chi connectivity index (χ3n) is 2.16. The van der Waals surface area contributed by atoms with E-state index in [1.54, 1.807) is 17.8 Å². The smallest absolute Gasteiger partial charge is 0.224 e. The summed E-state index contributed by atoms with van der Waals surface area (Å²) >= 11 is 1.78. The van der Waals surface area contributed by atoms with Crippen LogP contribution in [-0.2, 0) is 0 Å². The van der Waals surface area contributed by atoms with Crippen molar-refractivity contribution in [3.05, 3.63) is 17.5 Å². The number of anilines is 1. The minimum absolute atomic E-state index is 0.350. The van der Waals surface area contributed by atoms with E-state index in [0.717, 1.165) is 17.9 Å². The zero-order valence-electron chi connectivity index (χ0n) is 9.82. The minimum Gasteiger partial charge on any atom is -0.351 e. The molecule has 86 valence electrons. The molecule has 0 amide bonds. The van der Waals surface area contributed by atoms with Gasteiger partial charge in [0, 0.05) is 17.5 Å². The van der Waals surface area contributed by atoms with Gasteiger partial charge >= 0.3 is 0 Å². The van der Waals surface area contributed by atoms with E-state index in [2.05, 4.69) is 28.5 Å². The zero-order chi connectivity index (χ0) is 12.0. The SMILES string of the molecule is CCC(CSC)Nc1nc(C)cc(C#N)n1. The maximum Gasteiger partial charge on any atom is 0.224 e. The molecular formula is C11H16N4S. The number of nitriles is 1. The largest absolute Gasteiger partial charge is 0.351 e. The highest BCUT2D eigenvalue weighted by Gasteiger charge is 2.08. The van der Waals surface area contributed by atoms with Crippen LogP contribution in [0, 0.1) is 18.3 Å². The van der Waals surface area contributed by atoms with Crippen LogP contribution in [0.15, 0.2) is 6.07 Å². The molecule has 1 aromatic heterocycles. The van der Waals surface area contributed by atoms with Crippen molar-refractivity contribution in [1.82, 2.24) is 9.97 Å². The van der Waals surface area contributed by atoms with Crippen molar-refractivity contribution in [2.75, 3.05) is 17.3 Å². The maximum absolute atomic E-state index is 8.81. The zero-order valence-corrected chi connectivity index (χ0v) is 10.6. The summed E-state index contributed by atoms with van der Waals surface area (Å²) in [5, 5.41) is 12.1. The Labute approximate surface area is 100 Å². The van der Waals surface area contributed by atoms with Gasteiger partial charge in [0.25, 0.3) is 0 Å². The molecule has 0 bridgehead atoms. The topological polar surface area (TPSA) is 61.6 Å². The molecule has 0 spiro atoms. The van der Waals surface area contributed by atoms with E-state index in [1.165, 1.54) is 0 Å². The Kier molecular flexibility index (Phi) is 5.06. The van der Waals surface area contributed by atoms with Crippen LogP contribution in [0.3, 0.4) is 0 Å². The van der Waals surface area contributed by atoms with E-state index in [4.69, 9.17) is 5.26 Å². The van der Waals surface area contributed by atoms with E-state index in [9.17, 15) is 0 Å². The van der Waals surface area contributed by atoms with Gasteiger partial charge in [-0.2, -0.15) is 17.0 Å². The van der Waals surface area contributed by atoms with Gasteiger partial charge in [-0.25, -0.2) is 9.97 Å². The van der Waals surface area contributed by atoms with Gasteiger partial charge in [0.05, 0.1) is 0 Å². The second kappa shape index (κ2) is 6.33. The maximum atomic E-state index is 8.81. The van der Waals surface area contributed by atoms with Crippen LogP contribution in [-0.4, -0.2) is 28.0 Å². The van der Waals surface area contributed by atoms with Crippen LogP contribution in [0.1, 0.15) is 24.7 Å². The lowest BCUT2D eigenvalue weighted by Gasteiger charge is -2.15. The molecule has 1 atom stereocenters. The molecule has 0 radical (unpaired) electrons. The predicted molar refractivity (Wildman–Crippen MR) is 67.6 cm³/mol. The van der Waals surface area contributed by atoms with E-state index in [1.807, 2.05) is 13.0 Å². The average molecular weight is 236 g/mol. The molecule has 0 aliphatic carbocycles. The van der Waals surface area contributed by atoms with Crippen molar-refractivity contribution in [2.24, 2.45) is 0 Å². The van der Waals surface area contributed by atoms with Crippen LogP contribution < -0.4 is 5.32 Å². The molecule has 1 aromatic rings. The number of aromatic nitrogens is 2. The van der Waals surface area contributed by atoms with Crippen molar-refractivity contribution in [3.8, 4) is 6.07 Å². The highest BCUT2D eigenvalue weighted by molar-refractivity contribution is 7.98. The Balaban J connectivity index is 2.80. The molecule has 1 N–H and O–H groups in total. The van der Waals surface area contributed by atoms with E-state index in [0.29, 0.717) is 17.7 Å². The van der Waals surface area contributed by atoms with Crippen LogP contribution >= 0.6 is 11.8 Å². The molecule has 1 unspecified atom stereocenters. The lowest BCUT2D eigenvalue weighted by Crippen LogP contribution is -2.22. The Morgan fingerprint density at radius 3 is 2.88 bits per heavy atom. The highest BCUT2D eigenvalue weighted by Crippen LogP contribution is 2.09. The Morgan fingerprint density at radius 2 is 2.31 bits per heavy atom. The molecule has 1 heterocycles. The van der Waals surface area contributed by atoms with Crippen LogP contribution in [0.4, 0.5) is 5.95 Å². The molecule has 1 rings (SSSR count). The lowest BCUT2D eigenvalue weighted by atomic mass is 10.2. The van der Waals surface area contributed by atoms with Crippen LogP contribution in [0.2, 0.25) is 0 Å². The van der Waals surface area contributed by atoms with Crippen molar-refractivity contribution in [3.63, 3.8) is 0 Å². The van der Waals surface area contributed by atoms with Gasteiger partial charge < -0.3 is 5.32 Å². The van der Waals surface area contributed by atoms with E-state index < -0.39 is 0 Å². The first-order chi connectivity index (χ1) is 7.69. The van der Waals surface area contributed by atoms with Gasteiger partial charge in [0.15, 0.2) is 0 Å². The number of hydrogen-bond donors (Lipinski definition) is 1. The number of thioether (sulfide) groups is 1. The first-order valence-corrected chi connectivity index (χ1v) is 6.60. The third-order valence-corrected chi connectivity index (χ3v) is 2.90. The summed E-state index contributed by atoms with van der Waals surface area (Å²) in [6.45, 7) is 3.98. The van der Waals surface area contributed by atoms with E-state index >= 15 is 0 Å². The van der Waals surface area contributed by atoms with Crippen LogP contribution in [0.25, 0.3) is 0 Å². The molecule has 0 saturated heterocycles. The summed E-state index contributed by atoms with van der Waals surface area (Å²) in [5.41, 5.74) is 1.22. The third kappa shape index (κ3) is 3.70. The van der Waals surface area contributed by atoms with Crippen molar-refractivity contribution in [2.45, 2.75) is 26.3 Å². The average Bonchev–Trinajstić information content (AvgIpc) is 2.27.